The van der Waals surface area contributed by atoms with Crippen molar-refractivity contribution >= 4 is 38.9 Å². The normalized spacial score (nSPS) is 14.8. The van der Waals surface area contributed by atoms with Gasteiger partial charge in [0.15, 0.2) is 0 Å². The maximum absolute atomic E-state index is 14.0. The number of rotatable bonds is 6. The number of amides is 3. The van der Waals surface area contributed by atoms with Crippen molar-refractivity contribution in [2.24, 2.45) is 0 Å². The Kier molecular flexibility index (Phi) is 7.45. The fourth-order valence-electron chi connectivity index (χ4n) is 3.73. The van der Waals surface area contributed by atoms with Crippen molar-refractivity contribution in [2.45, 2.75) is 10.3 Å². The number of thiophene rings is 1. The van der Waals surface area contributed by atoms with Gasteiger partial charge in [0.25, 0.3) is 17.7 Å². The molecule has 1 fully saturated rings. The number of piperazine rings is 1. The van der Waals surface area contributed by atoms with Gasteiger partial charge in [0.2, 0.25) is 15.2 Å². The van der Waals surface area contributed by atoms with Crippen molar-refractivity contribution < 1.29 is 31.6 Å². The van der Waals surface area contributed by atoms with Gasteiger partial charge in [-0.25, -0.2) is 17.2 Å². The van der Waals surface area contributed by atoms with E-state index < -0.39 is 44.6 Å². The highest BCUT2D eigenvalue weighted by Gasteiger charge is 2.40. The van der Waals surface area contributed by atoms with Gasteiger partial charge in [-0.2, -0.15) is 0 Å². The van der Waals surface area contributed by atoms with E-state index in [2.05, 4.69) is 5.32 Å². The quantitative estimate of drug-likeness (QED) is 0.491. The molecule has 1 aromatic heterocycles. The van der Waals surface area contributed by atoms with E-state index in [0.717, 1.165) is 35.6 Å². The molecule has 36 heavy (non-hydrogen) atoms. The molecule has 2 aromatic carbocycles. The zero-order valence-corrected chi connectivity index (χ0v) is 20.4. The van der Waals surface area contributed by atoms with Crippen LogP contribution in [0.1, 0.15) is 20.0 Å². The number of nitrogens with zero attached hydrogens (tertiary/aromatic N) is 2. The molecule has 3 amide bonds. The Labute approximate surface area is 210 Å². The summed E-state index contributed by atoms with van der Waals surface area (Å²) in [7, 11) is -4.45. The molecule has 0 spiro atoms. The minimum atomic E-state index is -4.45. The Morgan fingerprint density at radius 3 is 2.11 bits per heavy atom. The minimum Gasteiger partial charge on any atom is -0.336 e. The third-order valence-electron chi connectivity index (χ3n) is 5.67. The summed E-state index contributed by atoms with van der Waals surface area (Å²) in [5.41, 5.74) is -0.0998. The van der Waals surface area contributed by atoms with Gasteiger partial charge in [-0.3, -0.25) is 14.4 Å². The van der Waals surface area contributed by atoms with Crippen LogP contribution in [0, 0.1) is 11.6 Å². The number of sulfone groups is 1. The van der Waals surface area contributed by atoms with Crippen LogP contribution in [0.4, 0.5) is 8.78 Å². The van der Waals surface area contributed by atoms with Crippen molar-refractivity contribution in [1.29, 1.82) is 0 Å². The molecule has 1 saturated heterocycles. The predicted molar refractivity (Wildman–Crippen MR) is 128 cm³/mol. The summed E-state index contributed by atoms with van der Waals surface area (Å²) in [4.78, 5) is 41.2. The minimum absolute atomic E-state index is 0.0245. The van der Waals surface area contributed by atoms with Crippen LogP contribution in [0.15, 0.2) is 70.9 Å². The topological polar surface area (TPSA) is 104 Å². The van der Waals surface area contributed by atoms with E-state index in [-0.39, 0.29) is 41.5 Å². The van der Waals surface area contributed by atoms with Crippen molar-refractivity contribution in [3.63, 3.8) is 0 Å². The smallest absolute Gasteiger partial charge is 0.262 e. The average Bonchev–Trinajstić information content (AvgIpc) is 3.42. The van der Waals surface area contributed by atoms with Crippen molar-refractivity contribution in [2.75, 3.05) is 26.2 Å². The molecule has 1 aliphatic rings. The lowest BCUT2D eigenvalue weighted by molar-refractivity contribution is -0.132. The van der Waals surface area contributed by atoms with Gasteiger partial charge in [-0.15, -0.1) is 11.3 Å². The monoisotopic (exact) mass is 533 g/mol. The first-order chi connectivity index (χ1) is 17.2. The molecule has 1 N–H and O–H groups in total. The lowest BCUT2D eigenvalue weighted by atomic mass is 10.1. The Balaban J connectivity index is 1.54. The molecule has 12 heteroatoms. The van der Waals surface area contributed by atoms with E-state index in [1.54, 1.807) is 11.4 Å². The number of carbonyl (C=O) groups is 3. The molecule has 0 saturated carbocycles. The molecule has 1 aliphatic heterocycles. The van der Waals surface area contributed by atoms with E-state index in [9.17, 15) is 31.6 Å². The van der Waals surface area contributed by atoms with Crippen LogP contribution in [0.5, 0.6) is 0 Å². The second kappa shape index (κ2) is 10.5. The summed E-state index contributed by atoms with van der Waals surface area (Å²) in [6.45, 7) is 0.0366. The zero-order valence-electron chi connectivity index (χ0n) is 18.8. The van der Waals surface area contributed by atoms with Crippen LogP contribution in [0.25, 0.3) is 0 Å². The molecule has 0 radical (unpaired) electrons. The van der Waals surface area contributed by atoms with Gasteiger partial charge < -0.3 is 15.1 Å². The number of halogens is 2. The SMILES string of the molecule is O=C(N[C@H](C(=O)N1CCN(C(=O)c2ccccc2F)CC1)S(=O)(=O)c1ccc(F)cc1)c1cccs1. The van der Waals surface area contributed by atoms with Crippen molar-refractivity contribution in [3.05, 3.63) is 88.1 Å². The van der Waals surface area contributed by atoms with Gasteiger partial charge >= 0.3 is 0 Å². The molecule has 1 atom stereocenters. The first kappa shape index (κ1) is 25.5. The Bertz CT molecular complexity index is 1370. The van der Waals surface area contributed by atoms with Gasteiger partial charge in [-0.05, 0) is 47.8 Å². The fourth-order valence-corrected chi connectivity index (χ4v) is 5.82. The number of benzene rings is 2. The number of hydrogen-bond acceptors (Lipinski definition) is 6. The van der Waals surface area contributed by atoms with Gasteiger partial charge in [0.05, 0.1) is 15.3 Å². The molecule has 0 bridgehead atoms. The van der Waals surface area contributed by atoms with E-state index in [4.69, 9.17) is 0 Å². The maximum Gasteiger partial charge on any atom is 0.262 e. The summed E-state index contributed by atoms with van der Waals surface area (Å²) in [6, 6.07) is 12.6. The first-order valence-electron chi connectivity index (χ1n) is 10.8. The second-order valence-electron chi connectivity index (χ2n) is 7.93. The van der Waals surface area contributed by atoms with Crippen LogP contribution in [0.3, 0.4) is 0 Å². The molecule has 3 aromatic rings. The lowest BCUT2D eigenvalue weighted by Gasteiger charge is -2.36. The third kappa shape index (κ3) is 5.29. The summed E-state index contributed by atoms with van der Waals surface area (Å²) in [5, 5.41) is 1.97. The number of nitrogens with one attached hydrogen (secondary N) is 1. The Morgan fingerprint density at radius 1 is 0.861 bits per heavy atom. The predicted octanol–water partition coefficient (Wildman–Crippen LogP) is 2.54. The third-order valence-corrected chi connectivity index (χ3v) is 8.40. The summed E-state index contributed by atoms with van der Waals surface area (Å²) < 4.78 is 54.1. The van der Waals surface area contributed by atoms with Crippen LogP contribution >= 0.6 is 11.3 Å². The van der Waals surface area contributed by atoms with Gasteiger partial charge in [0.1, 0.15) is 11.6 Å². The van der Waals surface area contributed by atoms with Gasteiger partial charge in [0, 0.05) is 26.2 Å². The molecule has 0 aliphatic carbocycles. The molecular formula is C24H21F2N3O5S2. The maximum atomic E-state index is 14.0. The van der Waals surface area contributed by atoms with E-state index >= 15 is 0 Å². The Hall–Kier alpha value is -3.64. The molecule has 2 heterocycles. The molecule has 188 valence electrons. The van der Waals surface area contributed by atoms with Crippen LogP contribution < -0.4 is 5.32 Å². The number of hydrogen-bond donors (Lipinski definition) is 1. The average molecular weight is 534 g/mol. The molecule has 4 rings (SSSR count). The van der Waals surface area contributed by atoms with E-state index in [0.29, 0.717) is 0 Å². The highest BCUT2D eigenvalue weighted by atomic mass is 32.2. The van der Waals surface area contributed by atoms with Crippen molar-refractivity contribution in [3.8, 4) is 0 Å². The second-order valence-corrected chi connectivity index (χ2v) is 10.9. The van der Waals surface area contributed by atoms with Crippen LogP contribution in [-0.4, -0.2) is 67.5 Å². The molecular weight excluding hydrogens is 512 g/mol. The van der Waals surface area contributed by atoms with Crippen LogP contribution in [-0.2, 0) is 14.6 Å². The summed E-state index contributed by atoms with van der Waals surface area (Å²) >= 11 is 1.08. The van der Waals surface area contributed by atoms with Crippen molar-refractivity contribution in [1.82, 2.24) is 15.1 Å². The number of carbonyl (C=O) groups excluding carboxylic acids is 3. The first-order valence-corrected chi connectivity index (χ1v) is 13.3. The summed E-state index contributed by atoms with van der Waals surface area (Å²) in [5.74, 6) is -3.50. The summed E-state index contributed by atoms with van der Waals surface area (Å²) in [6.07, 6.45) is 0. The highest BCUT2D eigenvalue weighted by molar-refractivity contribution is 7.92. The fraction of sp³-hybridized carbons (Fsp3) is 0.208. The largest absolute Gasteiger partial charge is 0.336 e. The zero-order chi connectivity index (χ0) is 25.9. The molecule has 8 nitrogen and oxygen atoms in total. The van der Waals surface area contributed by atoms with E-state index in [1.165, 1.54) is 40.1 Å². The van der Waals surface area contributed by atoms with Gasteiger partial charge in [-0.1, -0.05) is 18.2 Å². The molecule has 0 unspecified atom stereocenters. The van der Waals surface area contributed by atoms with Crippen LogP contribution in [0.2, 0.25) is 0 Å². The van der Waals surface area contributed by atoms with E-state index in [1.807, 2.05) is 0 Å². The Morgan fingerprint density at radius 2 is 1.50 bits per heavy atom. The lowest BCUT2D eigenvalue weighted by Crippen LogP contribution is -2.57. The standard InChI is InChI=1S/C24H21F2N3O5S2/c25-16-7-9-17(10-8-16)36(33,34)22(27-21(30)20-6-3-15-35-20)24(32)29-13-11-28(12-14-29)23(31)18-4-1-2-5-19(18)26/h1-10,15,22H,11-14H2,(H,27,30)/t22-/m0/s1. The highest BCUT2D eigenvalue weighted by Crippen LogP contribution is 2.20.